The molecule has 5 atom stereocenters. The van der Waals surface area contributed by atoms with Gasteiger partial charge in [-0.1, -0.05) is 119 Å². The van der Waals surface area contributed by atoms with Gasteiger partial charge in [-0.2, -0.15) is 0 Å². The van der Waals surface area contributed by atoms with Gasteiger partial charge in [0.15, 0.2) is 5.78 Å². The van der Waals surface area contributed by atoms with Gasteiger partial charge in [-0.25, -0.2) is 14.4 Å². The van der Waals surface area contributed by atoms with Gasteiger partial charge in [0.25, 0.3) is 0 Å². The summed E-state index contributed by atoms with van der Waals surface area (Å²) >= 11 is 0. The molecule has 0 spiro atoms. The third-order valence-electron chi connectivity index (χ3n) is 13.9. The summed E-state index contributed by atoms with van der Waals surface area (Å²) in [6, 6.07) is -0.741. The second kappa shape index (κ2) is 33.8. The van der Waals surface area contributed by atoms with Crippen LogP contribution in [0, 0.1) is 29.6 Å². The number of ketones is 1. The molecule has 77 heavy (non-hydrogen) atoms. The second-order valence-corrected chi connectivity index (χ2v) is 37.1. The molecule has 1 aliphatic rings. The quantitative estimate of drug-likeness (QED) is 0.0421. The number of hydrogen-bond donors (Lipinski definition) is 1. The van der Waals surface area contributed by atoms with E-state index in [4.69, 9.17) is 19.3 Å². The van der Waals surface area contributed by atoms with Gasteiger partial charge in [0, 0.05) is 70.8 Å². The summed E-state index contributed by atoms with van der Waals surface area (Å²) in [6.45, 7) is 29.8. The van der Waals surface area contributed by atoms with Crippen molar-refractivity contribution in [2.75, 3.05) is 75.1 Å². The molecule has 0 aromatic heterocycles. The number of carbonyl (C=O) groups is 9. The van der Waals surface area contributed by atoms with Crippen molar-refractivity contribution in [3.8, 4) is 0 Å². The number of aliphatic carboxylic acids is 1. The highest BCUT2D eigenvalue weighted by Crippen LogP contribution is 2.30. The van der Waals surface area contributed by atoms with Crippen molar-refractivity contribution < 1.29 is 62.5 Å². The van der Waals surface area contributed by atoms with E-state index in [0.717, 1.165) is 44.2 Å². The van der Waals surface area contributed by atoms with E-state index in [1.165, 1.54) is 57.6 Å². The number of nitrogens with zero attached hydrogens (tertiary/aromatic N) is 6. The molecule has 19 nitrogen and oxygen atoms in total. The molecule has 0 unspecified atom stereocenters. The summed E-state index contributed by atoms with van der Waals surface area (Å²) in [7, 11) is 6.42. The first kappa shape index (κ1) is 72.5. The number of esters is 1. The van der Waals surface area contributed by atoms with Gasteiger partial charge < -0.3 is 43.8 Å². The van der Waals surface area contributed by atoms with Gasteiger partial charge in [0.1, 0.15) is 24.2 Å². The number of ether oxygens (including phenoxy) is 3. The molecule has 0 heterocycles. The highest BCUT2D eigenvalue weighted by atomic mass is 28.3. The molecule has 0 bridgehead atoms. The molecule has 1 saturated carbocycles. The normalized spacial score (nSPS) is 15.1. The molecule has 6 amide bonds. The third kappa shape index (κ3) is 29.3. The van der Waals surface area contributed by atoms with Crippen molar-refractivity contribution in [1.82, 2.24) is 29.4 Å². The Kier molecular flexibility index (Phi) is 31.8. The number of hydrogen-bond acceptors (Lipinski definition) is 12. The maximum Gasteiger partial charge on any atom is 0.410 e. The van der Waals surface area contributed by atoms with Crippen LogP contribution in [-0.2, 0) is 47.8 Å². The predicted molar refractivity (Wildman–Crippen MR) is 308 cm³/mol. The number of rotatable bonds is 29. The van der Waals surface area contributed by atoms with Gasteiger partial charge in [0.2, 0.25) is 23.6 Å². The number of likely N-dealkylation sites (N-methyl/N-ethyl adjacent to an activating group) is 6. The van der Waals surface area contributed by atoms with E-state index >= 15 is 0 Å². The minimum absolute atomic E-state index is 0.0975. The molecule has 0 saturated heterocycles. The summed E-state index contributed by atoms with van der Waals surface area (Å²) in [4.78, 5) is 125. The average Bonchev–Trinajstić information content (AvgIpc) is 3.30. The van der Waals surface area contributed by atoms with E-state index in [1.54, 1.807) is 34.9 Å². The average molecular weight is 1130 g/mol. The molecule has 0 aromatic carbocycles. The minimum atomic E-state index is -1.44. The molecule has 1 fully saturated rings. The van der Waals surface area contributed by atoms with Crippen LogP contribution in [0.15, 0.2) is 0 Å². The summed E-state index contributed by atoms with van der Waals surface area (Å²) in [6.07, 6.45) is 5.81. The molecule has 0 aromatic rings. The Morgan fingerprint density at radius 2 is 1.03 bits per heavy atom. The maximum atomic E-state index is 14.0. The van der Waals surface area contributed by atoms with Crippen molar-refractivity contribution in [2.24, 2.45) is 29.6 Å². The number of carbonyl (C=O) groups excluding carboxylic acids is 8. The third-order valence-corrected chi connectivity index (χ3v) is 17.3. The molecular formula is C56H106N6O13Si2. The summed E-state index contributed by atoms with van der Waals surface area (Å²) in [5.41, 5.74) is -0.713. The van der Waals surface area contributed by atoms with E-state index in [9.17, 15) is 43.2 Å². The molecular weight excluding hydrogens is 1020 g/mol. The summed E-state index contributed by atoms with van der Waals surface area (Å²) in [5.74, 6) is -3.84. The number of carboxylic acids is 1. The first-order valence-electron chi connectivity index (χ1n) is 28.0. The Bertz CT molecular complexity index is 1910. The molecule has 1 rings (SSSR count). The zero-order valence-corrected chi connectivity index (χ0v) is 53.7. The van der Waals surface area contributed by atoms with Crippen molar-refractivity contribution >= 4 is 69.7 Å². The van der Waals surface area contributed by atoms with Crippen molar-refractivity contribution in [3.63, 3.8) is 0 Å². The SMILES string of the molecule is CC(C)C[C@@H](C(=O)O)N(C)C(=O)OCC[Si](C)(C)C.CC[C@H](C)[C@H](CC(=O)[C@H](CC(C)C)N(C)C(=O)OCC[Si](C)(C)C)C(=O)N(C)CC(=O)N(C)CC(=O)N(C)[C@@H](CC1CCCCC1)C(=O)N(C)CC(=O)OC(C)(C)C. The van der Waals surface area contributed by atoms with Crippen LogP contribution in [0.3, 0.4) is 0 Å². The first-order valence-corrected chi connectivity index (χ1v) is 35.4. The van der Waals surface area contributed by atoms with Crippen LogP contribution in [0.1, 0.15) is 127 Å². The fourth-order valence-corrected chi connectivity index (χ4v) is 10.1. The molecule has 1 aliphatic carbocycles. The summed E-state index contributed by atoms with van der Waals surface area (Å²) < 4.78 is 16.1. The van der Waals surface area contributed by atoms with Crippen LogP contribution in [0.25, 0.3) is 0 Å². The van der Waals surface area contributed by atoms with Crippen molar-refractivity contribution in [1.29, 1.82) is 0 Å². The number of amides is 6. The van der Waals surface area contributed by atoms with Crippen molar-refractivity contribution in [3.05, 3.63) is 0 Å². The Morgan fingerprint density at radius 1 is 0.584 bits per heavy atom. The maximum absolute atomic E-state index is 14.0. The zero-order chi connectivity index (χ0) is 59.9. The minimum Gasteiger partial charge on any atom is -0.480 e. The lowest BCUT2D eigenvalue weighted by atomic mass is 9.83. The van der Waals surface area contributed by atoms with Crippen LogP contribution in [0.2, 0.25) is 51.4 Å². The van der Waals surface area contributed by atoms with Gasteiger partial charge in [0.05, 0.1) is 32.3 Å². The fourth-order valence-electron chi connectivity index (χ4n) is 8.66. The largest absolute Gasteiger partial charge is 0.480 e. The smallest absolute Gasteiger partial charge is 0.410 e. The van der Waals surface area contributed by atoms with Gasteiger partial charge in [-0.15, -0.1) is 0 Å². The lowest BCUT2D eigenvalue weighted by Crippen LogP contribution is -2.53. The molecule has 446 valence electrons. The standard InChI is InChI=1S/C43H79N5O9Si.C13H27NO4Si/c1-16-31(4)33(26-36(49)34(24-30(2)3)48(12)42(55)56-22-23-58(13,14)15)40(53)45(9)27-37(50)44(8)28-38(51)47(11)35(25-32-20-18-17-19-21-32)41(54)46(10)29-39(52)57-43(5,6)7;1-10(2)9-11(12(15)16)14(3)13(17)18-7-8-19(4,5)6/h30-35H,16-29H2,1-15H3;10-11H,7-9H2,1-6H3,(H,15,16)/t31-,33-,34-,35-;11-/m00/s1. The van der Waals surface area contributed by atoms with Crippen LogP contribution in [0.5, 0.6) is 0 Å². The van der Waals surface area contributed by atoms with Crippen LogP contribution < -0.4 is 0 Å². The van der Waals surface area contributed by atoms with E-state index in [-0.39, 0.29) is 73.9 Å². The Balaban J connectivity index is 0.00000256. The highest BCUT2D eigenvalue weighted by Gasteiger charge is 2.38. The van der Waals surface area contributed by atoms with Crippen LogP contribution >= 0.6 is 0 Å². The van der Waals surface area contributed by atoms with Crippen LogP contribution in [-0.4, -0.2) is 203 Å². The lowest BCUT2D eigenvalue weighted by Gasteiger charge is -2.35. The summed E-state index contributed by atoms with van der Waals surface area (Å²) in [5, 5.41) is 9.15. The topological polar surface area (TPSA) is 221 Å². The van der Waals surface area contributed by atoms with Gasteiger partial charge in [-0.05, 0) is 75.8 Å². The molecule has 0 aliphatic heterocycles. The number of carboxylic acid groups (broad SMARTS) is 1. The Morgan fingerprint density at radius 3 is 1.45 bits per heavy atom. The fraction of sp³-hybridized carbons (Fsp3) is 0.839. The molecule has 0 radical (unpaired) electrons. The van der Waals surface area contributed by atoms with E-state index in [0.29, 0.717) is 32.3 Å². The molecule has 1 N–H and O–H groups in total. The highest BCUT2D eigenvalue weighted by molar-refractivity contribution is 6.76. The van der Waals surface area contributed by atoms with Crippen LogP contribution in [0.4, 0.5) is 9.59 Å². The second-order valence-electron chi connectivity index (χ2n) is 25.8. The Labute approximate surface area is 466 Å². The number of Topliss-reactive ketones (excluding diaryl/α,β-unsaturated/α-hetero) is 1. The van der Waals surface area contributed by atoms with Crippen molar-refractivity contribution in [2.45, 2.75) is 202 Å². The monoisotopic (exact) mass is 1130 g/mol. The Hall–Kier alpha value is -4.54. The van der Waals surface area contributed by atoms with Gasteiger partial charge >= 0.3 is 24.1 Å². The first-order chi connectivity index (χ1) is 35.2. The lowest BCUT2D eigenvalue weighted by molar-refractivity contribution is -0.159. The predicted octanol–water partition coefficient (Wildman–Crippen LogP) is 8.84. The van der Waals surface area contributed by atoms with E-state index in [2.05, 4.69) is 39.3 Å². The zero-order valence-electron chi connectivity index (χ0n) is 51.7. The molecule has 21 heteroatoms. The van der Waals surface area contributed by atoms with Gasteiger partial charge in [-0.3, -0.25) is 33.7 Å². The van der Waals surface area contributed by atoms with E-state index in [1.807, 2.05) is 41.5 Å². The van der Waals surface area contributed by atoms with E-state index < -0.39 is 81.7 Å².